The van der Waals surface area contributed by atoms with Crippen LogP contribution >= 0.6 is 11.3 Å². The second-order valence-corrected chi connectivity index (χ2v) is 6.47. The van der Waals surface area contributed by atoms with Crippen LogP contribution in [-0.2, 0) is 6.54 Å². The Morgan fingerprint density at radius 2 is 2.19 bits per heavy atom. The van der Waals surface area contributed by atoms with Crippen LogP contribution in [0.5, 0.6) is 0 Å². The molecule has 2 rings (SSSR count). The molecule has 0 spiro atoms. The van der Waals surface area contributed by atoms with Gasteiger partial charge in [-0.05, 0) is 18.8 Å². The molecule has 0 saturated heterocycles. The monoisotopic (exact) mass is 311 g/mol. The molecule has 1 aliphatic carbocycles. The lowest BCUT2D eigenvalue weighted by Crippen LogP contribution is -2.47. The molecule has 6 nitrogen and oxygen atoms in total. The molecular weight excluding hydrogens is 290 g/mol. The molecule has 7 heteroatoms. The lowest BCUT2D eigenvalue weighted by molar-refractivity contribution is 0.0691. The van der Waals surface area contributed by atoms with Crippen LogP contribution in [0.2, 0.25) is 0 Å². The summed E-state index contributed by atoms with van der Waals surface area (Å²) in [5.74, 6) is -0.523. The molecule has 2 atom stereocenters. The molecule has 21 heavy (non-hydrogen) atoms. The van der Waals surface area contributed by atoms with Gasteiger partial charge >= 0.3 is 12.0 Å². The lowest BCUT2D eigenvalue weighted by Gasteiger charge is -2.36. The lowest BCUT2D eigenvalue weighted by atomic mass is 9.85. The van der Waals surface area contributed by atoms with Crippen LogP contribution in [0.15, 0.2) is 5.38 Å². The zero-order chi connectivity index (χ0) is 15.4. The number of nitrogens with one attached hydrogen (secondary N) is 1. The van der Waals surface area contributed by atoms with Gasteiger partial charge in [-0.2, -0.15) is 0 Å². The molecule has 2 N–H and O–H groups in total. The first kappa shape index (κ1) is 15.8. The largest absolute Gasteiger partial charge is 0.476 e. The molecule has 1 fully saturated rings. The third kappa shape index (κ3) is 3.93. The Morgan fingerprint density at radius 3 is 2.81 bits per heavy atom. The third-order valence-corrected chi connectivity index (χ3v) is 4.89. The summed E-state index contributed by atoms with van der Waals surface area (Å²) in [6.07, 6.45) is 4.62. The fraction of sp³-hybridized carbons (Fsp3) is 0.643. The van der Waals surface area contributed by atoms with E-state index in [1.807, 2.05) is 7.05 Å². The quantitative estimate of drug-likeness (QED) is 0.895. The van der Waals surface area contributed by atoms with Gasteiger partial charge in [-0.15, -0.1) is 11.3 Å². The van der Waals surface area contributed by atoms with E-state index in [0.717, 1.165) is 12.8 Å². The SMILES string of the molecule is CC1CCCCC1N(C)C(=O)NCc1nc(C(=O)O)cs1. The highest BCUT2D eigenvalue weighted by atomic mass is 32.1. The van der Waals surface area contributed by atoms with Gasteiger partial charge in [0.05, 0.1) is 6.54 Å². The third-order valence-electron chi connectivity index (χ3n) is 4.05. The van der Waals surface area contributed by atoms with Crippen molar-refractivity contribution in [1.29, 1.82) is 0 Å². The molecule has 1 aliphatic rings. The summed E-state index contributed by atoms with van der Waals surface area (Å²) < 4.78 is 0. The van der Waals surface area contributed by atoms with Crippen LogP contribution in [0.4, 0.5) is 4.79 Å². The van der Waals surface area contributed by atoms with Crippen molar-refractivity contribution >= 4 is 23.3 Å². The Bertz CT molecular complexity index is 517. The van der Waals surface area contributed by atoms with E-state index in [1.165, 1.54) is 29.6 Å². The van der Waals surface area contributed by atoms with Gasteiger partial charge in [-0.1, -0.05) is 19.8 Å². The highest BCUT2D eigenvalue weighted by Gasteiger charge is 2.27. The second kappa shape index (κ2) is 6.89. The number of nitrogens with zero attached hydrogens (tertiary/aromatic N) is 2. The number of hydrogen-bond acceptors (Lipinski definition) is 4. The van der Waals surface area contributed by atoms with E-state index in [-0.39, 0.29) is 24.3 Å². The maximum absolute atomic E-state index is 12.2. The number of aromatic carboxylic acids is 1. The van der Waals surface area contributed by atoms with Crippen molar-refractivity contribution < 1.29 is 14.7 Å². The smallest absolute Gasteiger partial charge is 0.355 e. The maximum atomic E-state index is 12.2. The number of urea groups is 1. The fourth-order valence-corrected chi connectivity index (χ4v) is 3.50. The minimum absolute atomic E-state index is 0.0264. The van der Waals surface area contributed by atoms with E-state index >= 15 is 0 Å². The average Bonchev–Trinajstić information content (AvgIpc) is 2.93. The van der Waals surface area contributed by atoms with Crippen molar-refractivity contribution in [3.05, 3.63) is 16.1 Å². The summed E-state index contributed by atoms with van der Waals surface area (Å²) in [6, 6.07) is 0.158. The summed E-state index contributed by atoms with van der Waals surface area (Å²) in [5.41, 5.74) is 0.0264. The number of amides is 2. The van der Waals surface area contributed by atoms with Crippen LogP contribution in [0.3, 0.4) is 0 Å². The highest BCUT2D eigenvalue weighted by molar-refractivity contribution is 7.09. The van der Waals surface area contributed by atoms with Gasteiger partial charge in [0.25, 0.3) is 0 Å². The predicted octanol–water partition coefficient (Wildman–Crippen LogP) is 2.56. The number of thiazole rings is 1. The summed E-state index contributed by atoms with van der Waals surface area (Å²) in [6.45, 7) is 2.45. The van der Waals surface area contributed by atoms with Crippen molar-refractivity contribution in [3.63, 3.8) is 0 Å². The molecule has 116 valence electrons. The van der Waals surface area contributed by atoms with Gasteiger partial charge in [0.2, 0.25) is 0 Å². The summed E-state index contributed by atoms with van der Waals surface area (Å²) >= 11 is 1.24. The van der Waals surface area contributed by atoms with Crippen molar-refractivity contribution in [1.82, 2.24) is 15.2 Å². The van der Waals surface area contributed by atoms with Crippen molar-refractivity contribution in [2.24, 2.45) is 5.92 Å². The number of carbonyl (C=O) groups is 2. The Kier molecular flexibility index (Phi) is 5.17. The Labute approximate surface area is 128 Å². The maximum Gasteiger partial charge on any atom is 0.355 e. The number of hydrogen-bond donors (Lipinski definition) is 2. The highest BCUT2D eigenvalue weighted by Crippen LogP contribution is 2.27. The van der Waals surface area contributed by atoms with E-state index in [2.05, 4.69) is 17.2 Å². The van der Waals surface area contributed by atoms with Crippen LogP contribution < -0.4 is 5.32 Å². The van der Waals surface area contributed by atoms with Gasteiger partial charge in [-0.3, -0.25) is 0 Å². The van der Waals surface area contributed by atoms with Gasteiger partial charge < -0.3 is 15.3 Å². The number of rotatable bonds is 4. The molecule has 2 unspecified atom stereocenters. The number of aromatic nitrogens is 1. The molecule has 0 aromatic carbocycles. The van der Waals surface area contributed by atoms with Crippen LogP contribution in [0.25, 0.3) is 0 Å². The molecule has 1 aromatic heterocycles. The molecule has 1 aromatic rings. The number of carboxylic acid groups (broad SMARTS) is 1. The van der Waals surface area contributed by atoms with E-state index in [4.69, 9.17) is 5.11 Å². The zero-order valence-electron chi connectivity index (χ0n) is 12.3. The van der Waals surface area contributed by atoms with Crippen LogP contribution in [-0.4, -0.2) is 40.1 Å². The van der Waals surface area contributed by atoms with Gasteiger partial charge in [0.15, 0.2) is 5.69 Å². The van der Waals surface area contributed by atoms with Crippen LogP contribution in [0, 0.1) is 5.92 Å². The van der Waals surface area contributed by atoms with E-state index in [1.54, 1.807) is 4.90 Å². The van der Waals surface area contributed by atoms with Crippen molar-refractivity contribution in [2.75, 3.05) is 7.05 Å². The molecule has 1 saturated carbocycles. The normalized spacial score (nSPS) is 21.8. The Balaban J connectivity index is 1.86. The summed E-state index contributed by atoms with van der Waals surface area (Å²) in [7, 11) is 1.83. The molecule has 1 heterocycles. The summed E-state index contributed by atoms with van der Waals surface area (Å²) in [5, 5.41) is 13.7. The minimum atomic E-state index is -1.04. The van der Waals surface area contributed by atoms with E-state index < -0.39 is 5.97 Å². The minimum Gasteiger partial charge on any atom is -0.476 e. The van der Waals surface area contributed by atoms with E-state index in [9.17, 15) is 9.59 Å². The van der Waals surface area contributed by atoms with Crippen molar-refractivity contribution in [3.8, 4) is 0 Å². The van der Waals surface area contributed by atoms with Crippen LogP contribution in [0.1, 0.15) is 48.1 Å². The zero-order valence-corrected chi connectivity index (χ0v) is 13.2. The number of carboxylic acids is 1. The second-order valence-electron chi connectivity index (χ2n) is 5.53. The van der Waals surface area contributed by atoms with Crippen molar-refractivity contribution in [2.45, 2.75) is 45.2 Å². The molecule has 0 bridgehead atoms. The first-order valence-electron chi connectivity index (χ1n) is 7.17. The fourth-order valence-electron chi connectivity index (χ4n) is 2.79. The topological polar surface area (TPSA) is 82.5 Å². The molecule has 2 amide bonds. The predicted molar refractivity (Wildman–Crippen MR) is 80.5 cm³/mol. The first-order valence-corrected chi connectivity index (χ1v) is 8.05. The molecular formula is C14H21N3O3S. The van der Waals surface area contributed by atoms with E-state index in [0.29, 0.717) is 10.9 Å². The Morgan fingerprint density at radius 1 is 1.48 bits per heavy atom. The average molecular weight is 311 g/mol. The molecule has 0 aliphatic heterocycles. The summed E-state index contributed by atoms with van der Waals surface area (Å²) in [4.78, 5) is 28.7. The standard InChI is InChI=1S/C14H21N3O3S/c1-9-5-3-4-6-11(9)17(2)14(20)15-7-12-16-10(8-21-12)13(18)19/h8-9,11H,3-7H2,1-2H3,(H,15,20)(H,18,19). The van der Waals surface area contributed by atoms with Gasteiger partial charge in [0, 0.05) is 18.5 Å². The number of carbonyl (C=O) groups excluding carboxylic acids is 1. The van der Waals surface area contributed by atoms with Gasteiger partial charge in [0.1, 0.15) is 5.01 Å². The first-order chi connectivity index (χ1) is 9.99. The Hall–Kier alpha value is -1.63. The molecule has 0 radical (unpaired) electrons. The van der Waals surface area contributed by atoms with Gasteiger partial charge in [-0.25, -0.2) is 14.6 Å².